The first kappa shape index (κ1) is 25.8. The van der Waals surface area contributed by atoms with Gasteiger partial charge in [-0.05, 0) is 23.3 Å². The van der Waals surface area contributed by atoms with Crippen LogP contribution in [0.3, 0.4) is 0 Å². The molecule has 1 aromatic heterocycles. The predicted molar refractivity (Wildman–Crippen MR) is 150 cm³/mol. The minimum Gasteiger partial charge on any atom is -0.488 e. The van der Waals surface area contributed by atoms with Gasteiger partial charge in [-0.15, -0.1) is 0 Å². The average Bonchev–Trinajstić information content (AvgIpc) is 3.45. The summed E-state index contributed by atoms with van der Waals surface area (Å²) in [5.41, 5.74) is 5.11. The van der Waals surface area contributed by atoms with Gasteiger partial charge >= 0.3 is 6.09 Å². The van der Waals surface area contributed by atoms with E-state index in [2.05, 4.69) is 20.4 Å². The van der Waals surface area contributed by atoms with Crippen LogP contribution in [0.2, 0.25) is 0 Å². The molecule has 1 aliphatic heterocycles. The van der Waals surface area contributed by atoms with Gasteiger partial charge in [-0.1, -0.05) is 60.7 Å². The summed E-state index contributed by atoms with van der Waals surface area (Å²) < 4.78 is 11.7. The Kier molecular flexibility index (Phi) is 8.06. The van der Waals surface area contributed by atoms with E-state index in [0.717, 1.165) is 28.1 Å². The molecule has 39 heavy (non-hydrogen) atoms. The Morgan fingerprint density at radius 1 is 0.897 bits per heavy atom. The Morgan fingerprint density at radius 2 is 1.56 bits per heavy atom. The van der Waals surface area contributed by atoms with Gasteiger partial charge in [0.1, 0.15) is 24.7 Å². The molecule has 2 amide bonds. The van der Waals surface area contributed by atoms with Crippen molar-refractivity contribution in [1.82, 2.24) is 15.1 Å². The van der Waals surface area contributed by atoms with Crippen LogP contribution in [0, 0.1) is 0 Å². The van der Waals surface area contributed by atoms with Crippen LogP contribution in [0.1, 0.15) is 18.1 Å². The molecule has 9 nitrogen and oxygen atoms in total. The molecule has 0 bridgehead atoms. The fourth-order valence-electron chi connectivity index (χ4n) is 4.52. The van der Waals surface area contributed by atoms with Crippen molar-refractivity contribution in [2.24, 2.45) is 0 Å². The molecule has 1 fully saturated rings. The van der Waals surface area contributed by atoms with Crippen LogP contribution in [0.4, 0.5) is 16.2 Å². The number of H-pyrrole nitrogens is 1. The fraction of sp³-hybridized carbons (Fsp3) is 0.233. The lowest BCUT2D eigenvalue weighted by Crippen LogP contribution is -2.49. The molecule has 0 radical (unpaired) electrons. The summed E-state index contributed by atoms with van der Waals surface area (Å²) in [7, 11) is 0. The van der Waals surface area contributed by atoms with Gasteiger partial charge in [0.05, 0.1) is 5.69 Å². The van der Waals surface area contributed by atoms with Gasteiger partial charge in [-0.25, -0.2) is 4.79 Å². The normalized spacial score (nSPS) is 13.2. The molecule has 2 N–H and O–H groups in total. The topological polar surface area (TPSA) is 99.8 Å². The number of anilines is 2. The number of carbonyl (C=O) groups is 2. The van der Waals surface area contributed by atoms with Crippen molar-refractivity contribution in [2.75, 3.05) is 36.4 Å². The number of hydrogen-bond acceptors (Lipinski definition) is 6. The minimum absolute atomic E-state index is 0.155. The van der Waals surface area contributed by atoms with Gasteiger partial charge in [0.2, 0.25) is 5.91 Å². The number of nitrogens with zero attached hydrogens (tertiary/aromatic N) is 3. The Hall–Kier alpha value is -4.79. The molecule has 0 spiro atoms. The second kappa shape index (κ2) is 12.2. The monoisotopic (exact) mass is 525 g/mol. The second-order valence-electron chi connectivity index (χ2n) is 9.30. The highest BCUT2D eigenvalue weighted by Gasteiger charge is 2.26. The molecule has 3 aromatic carbocycles. The molecule has 0 atom stereocenters. The van der Waals surface area contributed by atoms with Crippen LogP contribution in [0.15, 0.2) is 85.1 Å². The first-order chi connectivity index (χ1) is 19.1. The summed E-state index contributed by atoms with van der Waals surface area (Å²) in [6.07, 6.45) is 1.55. The van der Waals surface area contributed by atoms with Crippen LogP contribution in [-0.4, -0.2) is 53.3 Å². The fourth-order valence-corrected chi connectivity index (χ4v) is 4.52. The zero-order valence-electron chi connectivity index (χ0n) is 21.8. The molecule has 1 aliphatic rings. The van der Waals surface area contributed by atoms with Crippen molar-refractivity contribution >= 4 is 23.4 Å². The Balaban J connectivity index is 1.29. The highest BCUT2D eigenvalue weighted by atomic mass is 16.6. The van der Waals surface area contributed by atoms with Crippen LogP contribution < -0.4 is 15.0 Å². The third-order valence-corrected chi connectivity index (χ3v) is 6.50. The van der Waals surface area contributed by atoms with Gasteiger partial charge in [-0.3, -0.25) is 9.89 Å². The highest BCUT2D eigenvalue weighted by Crippen LogP contribution is 2.37. The third-order valence-electron chi connectivity index (χ3n) is 6.50. The quantitative estimate of drug-likeness (QED) is 0.333. The number of carbonyl (C=O) groups excluding carboxylic acids is 2. The first-order valence-corrected chi connectivity index (χ1v) is 12.9. The molecule has 0 unspecified atom stereocenters. The van der Waals surface area contributed by atoms with Gasteiger partial charge in [0.25, 0.3) is 0 Å². The van der Waals surface area contributed by atoms with Crippen molar-refractivity contribution in [3.63, 3.8) is 0 Å². The van der Waals surface area contributed by atoms with Crippen molar-refractivity contribution < 1.29 is 19.1 Å². The lowest BCUT2D eigenvalue weighted by molar-refractivity contribution is -0.114. The van der Waals surface area contributed by atoms with Gasteiger partial charge < -0.3 is 24.6 Å². The zero-order valence-corrected chi connectivity index (χ0v) is 21.8. The molecule has 0 saturated carbocycles. The average molecular weight is 526 g/mol. The van der Waals surface area contributed by atoms with E-state index in [9.17, 15) is 9.59 Å². The Labute approximate surface area is 227 Å². The van der Waals surface area contributed by atoms with E-state index in [0.29, 0.717) is 44.2 Å². The van der Waals surface area contributed by atoms with E-state index in [-0.39, 0.29) is 18.6 Å². The maximum Gasteiger partial charge on any atom is 0.410 e. The lowest BCUT2D eigenvalue weighted by atomic mass is 10.1. The number of aromatic amines is 1. The highest BCUT2D eigenvalue weighted by molar-refractivity contribution is 5.90. The number of rotatable bonds is 8. The van der Waals surface area contributed by atoms with Gasteiger partial charge in [-0.2, -0.15) is 5.10 Å². The van der Waals surface area contributed by atoms with E-state index in [1.165, 1.54) is 6.92 Å². The largest absolute Gasteiger partial charge is 0.488 e. The molecular weight excluding hydrogens is 494 g/mol. The third kappa shape index (κ3) is 6.56. The van der Waals surface area contributed by atoms with Crippen molar-refractivity contribution in [3.05, 3.63) is 96.2 Å². The number of benzene rings is 3. The van der Waals surface area contributed by atoms with Crippen molar-refractivity contribution in [3.8, 4) is 17.0 Å². The summed E-state index contributed by atoms with van der Waals surface area (Å²) >= 11 is 0. The number of hydrogen-bond donors (Lipinski definition) is 2. The molecule has 9 heteroatoms. The van der Waals surface area contributed by atoms with Crippen LogP contribution in [0.5, 0.6) is 5.75 Å². The van der Waals surface area contributed by atoms with Crippen LogP contribution >= 0.6 is 0 Å². The SMILES string of the molecule is CC(=O)Nc1ccc(-c2n[nH]cc2N2CCN(C(=O)OCc3ccccc3)CC2)c(OCc2ccccc2)c1. The number of piperazine rings is 1. The Bertz CT molecular complexity index is 1400. The molecule has 4 aromatic rings. The van der Waals surface area contributed by atoms with E-state index in [1.54, 1.807) is 4.90 Å². The maximum absolute atomic E-state index is 12.6. The smallest absolute Gasteiger partial charge is 0.410 e. The number of aromatic nitrogens is 2. The summed E-state index contributed by atoms with van der Waals surface area (Å²) in [5, 5.41) is 10.4. The van der Waals surface area contributed by atoms with Gasteiger partial charge in [0.15, 0.2) is 0 Å². The Morgan fingerprint density at radius 3 is 2.23 bits per heavy atom. The van der Waals surface area contributed by atoms with E-state index in [1.807, 2.05) is 85.1 Å². The molecule has 2 heterocycles. The number of nitrogens with one attached hydrogen (secondary N) is 2. The standard InChI is InChI=1S/C30H31N5O4/c1-22(36)32-25-12-13-26(28(18-25)38-20-23-8-4-2-5-9-23)29-27(19-31-33-29)34-14-16-35(17-15-34)30(37)39-21-24-10-6-3-7-11-24/h2-13,18-19H,14-17,20-21H2,1H3,(H,31,33)(H,32,36). The second-order valence-corrected chi connectivity index (χ2v) is 9.30. The number of amides is 2. The van der Waals surface area contributed by atoms with Gasteiger partial charge in [0, 0.05) is 56.6 Å². The van der Waals surface area contributed by atoms with Crippen molar-refractivity contribution in [2.45, 2.75) is 20.1 Å². The van der Waals surface area contributed by atoms with E-state index >= 15 is 0 Å². The van der Waals surface area contributed by atoms with Crippen molar-refractivity contribution in [1.29, 1.82) is 0 Å². The van der Waals surface area contributed by atoms with Crippen LogP contribution in [0.25, 0.3) is 11.3 Å². The first-order valence-electron chi connectivity index (χ1n) is 12.9. The minimum atomic E-state index is -0.309. The summed E-state index contributed by atoms with van der Waals surface area (Å²) in [5.74, 6) is 0.457. The molecular formula is C30H31N5O4. The summed E-state index contributed by atoms with van der Waals surface area (Å²) in [6, 6.07) is 25.1. The molecule has 5 rings (SSSR count). The maximum atomic E-state index is 12.6. The summed E-state index contributed by atoms with van der Waals surface area (Å²) in [4.78, 5) is 28.2. The van der Waals surface area contributed by atoms with E-state index < -0.39 is 0 Å². The zero-order chi connectivity index (χ0) is 27.0. The summed E-state index contributed by atoms with van der Waals surface area (Å²) in [6.45, 7) is 4.46. The molecule has 1 saturated heterocycles. The number of ether oxygens (including phenoxy) is 2. The molecule has 0 aliphatic carbocycles. The molecule has 200 valence electrons. The van der Waals surface area contributed by atoms with Crippen LogP contribution in [-0.2, 0) is 22.7 Å². The predicted octanol–water partition coefficient (Wildman–Crippen LogP) is 5.07. The lowest BCUT2D eigenvalue weighted by Gasteiger charge is -2.35. The van der Waals surface area contributed by atoms with E-state index in [4.69, 9.17) is 9.47 Å².